The number of imidazole rings is 1. The smallest absolute Gasteiger partial charge is 0.267 e. The quantitative estimate of drug-likeness (QED) is 0.631. The van der Waals surface area contributed by atoms with Crippen LogP contribution >= 0.6 is 0 Å². The lowest BCUT2D eigenvalue weighted by molar-refractivity contribution is -0.124. The highest BCUT2D eigenvalue weighted by molar-refractivity contribution is 5.79. The van der Waals surface area contributed by atoms with Gasteiger partial charge in [0.25, 0.3) is 5.56 Å². The number of amides is 1. The van der Waals surface area contributed by atoms with Crippen LogP contribution in [-0.2, 0) is 11.3 Å². The van der Waals surface area contributed by atoms with Crippen molar-refractivity contribution < 1.29 is 9.53 Å². The van der Waals surface area contributed by atoms with Gasteiger partial charge in [-0.25, -0.2) is 9.67 Å². The molecule has 29 heavy (non-hydrogen) atoms. The summed E-state index contributed by atoms with van der Waals surface area (Å²) in [4.78, 5) is 29.0. The van der Waals surface area contributed by atoms with Crippen LogP contribution in [0.5, 0.6) is 5.75 Å². The zero-order valence-electron chi connectivity index (χ0n) is 16.8. The maximum atomic E-state index is 12.5. The molecule has 0 aliphatic rings. The number of nitrogens with zero attached hydrogens (tertiary/aromatic N) is 4. The lowest BCUT2D eigenvalue weighted by Crippen LogP contribution is -2.38. The molecular formula is C21H25N5O3. The Morgan fingerprint density at radius 2 is 1.97 bits per heavy atom. The lowest BCUT2D eigenvalue weighted by atomic mass is 10.1. The molecule has 0 aliphatic heterocycles. The molecule has 0 spiro atoms. The number of carbonyl (C=O) groups is 1. The third-order valence-electron chi connectivity index (χ3n) is 4.61. The van der Waals surface area contributed by atoms with Gasteiger partial charge in [-0.1, -0.05) is 0 Å². The third kappa shape index (κ3) is 4.90. The van der Waals surface area contributed by atoms with Gasteiger partial charge in [-0.15, -0.1) is 0 Å². The Kier molecular flexibility index (Phi) is 6.43. The zero-order chi connectivity index (χ0) is 20.8. The van der Waals surface area contributed by atoms with Gasteiger partial charge in [-0.05, 0) is 51.1 Å². The second-order valence-corrected chi connectivity index (χ2v) is 6.59. The average Bonchev–Trinajstić information content (AvgIpc) is 3.13. The van der Waals surface area contributed by atoms with Crippen LogP contribution in [0.3, 0.4) is 0 Å². The molecular weight excluding hydrogens is 370 g/mol. The van der Waals surface area contributed by atoms with Gasteiger partial charge >= 0.3 is 0 Å². The number of ether oxygens (including phenoxy) is 1. The summed E-state index contributed by atoms with van der Waals surface area (Å²) in [6.07, 6.45) is 3.58. The molecule has 0 aliphatic carbocycles. The van der Waals surface area contributed by atoms with Crippen molar-refractivity contribution in [2.45, 2.75) is 33.4 Å². The first-order chi connectivity index (χ1) is 14.0. The van der Waals surface area contributed by atoms with Gasteiger partial charge in [-0.2, -0.15) is 5.10 Å². The number of nitrogens with one attached hydrogen (secondary N) is 1. The van der Waals surface area contributed by atoms with E-state index in [0.29, 0.717) is 25.4 Å². The second-order valence-electron chi connectivity index (χ2n) is 6.59. The topological polar surface area (TPSA) is 91.0 Å². The van der Waals surface area contributed by atoms with E-state index in [-0.39, 0.29) is 11.5 Å². The molecule has 1 aromatic carbocycles. The van der Waals surface area contributed by atoms with E-state index in [1.165, 1.54) is 10.7 Å². The van der Waals surface area contributed by atoms with Gasteiger partial charge in [-0.3, -0.25) is 9.59 Å². The van der Waals surface area contributed by atoms with Crippen LogP contribution in [0.2, 0.25) is 0 Å². The molecule has 0 fully saturated rings. The Morgan fingerprint density at radius 3 is 2.62 bits per heavy atom. The van der Waals surface area contributed by atoms with Crippen molar-refractivity contribution in [1.82, 2.24) is 24.6 Å². The molecule has 1 amide bonds. The minimum Gasteiger partial charge on any atom is -0.494 e. The molecule has 0 saturated heterocycles. The monoisotopic (exact) mass is 395 g/mol. The van der Waals surface area contributed by atoms with Gasteiger partial charge < -0.3 is 14.6 Å². The van der Waals surface area contributed by atoms with Crippen molar-refractivity contribution in [1.29, 1.82) is 0 Å². The number of carbonyl (C=O) groups excluding carboxylic acids is 1. The van der Waals surface area contributed by atoms with E-state index < -0.39 is 6.04 Å². The summed E-state index contributed by atoms with van der Waals surface area (Å²) >= 11 is 0. The van der Waals surface area contributed by atoms with E-state index >= 15 is 0 Å². The molecule has 0 radical (unpaired) electrons. The van der Waals surface area contributed by atoms with Crippen LogP contribution in [0.1, 0.15) is 25.7 Å². The largest absolute Gasteiger partial charge is 0.494 e. The normalized spacial score (nSPS) is 11.8. The molecule has 3 rings (SSSR count). The SMILES string of the molecule is CCOc1ccc(-c2ccc(=O)n(C(C)C(=O)NCCn3ccnc3C)n2)cc1. The molecule has 1 N–H and O–H groups in total. The first kappa shape index (κ1) is 20.3. The highest BCUT2D eigenvalue weighted by atomic mass is 16.5. The predicted molar refractivity (Wildman–Crippen MR) is 110 cm³/mol. The molecule has 0 bridgehead atoms. The van der Waals surface area contributed by atoms with E-state index in [1.807, 2.05) is 48.9 Å². The second kappa shape index (κ2) is 9.18. The predicted octanol–water partition coefficient (Wildman–Crippen LogP) is 2.19. The molecule has 3 aromatic rings. The standard InChI is InChI=1S/C21H25N5O3/c1-4-29-18-7-5-17(6-8-18)19-9-10-20(27)26(24-19)15(2)21(28)23-12-14-25-13-11-22-16(25)3/h5-11,13,15H,4,12,14H2,1-3H3,(H,23,28). The van der Waals surface area contributed by atoms with Crippen molar-refractivity contribution in [3.63, 3.8) is 0 Å². The van der Waals surface area contributed by atoms with Crippen LogP contribution in [0.15, 0.2) is 53.6 Å². The van der Waals surface area contributed by atoms with Crippen LogP contribution in [0.4, 0.5) is 0 Å². The Labute approximate surface area is 169 Å². The summed E-state index contributed by atoms with van der Waals surface area (Å²) in [5.74, 6) is 1.39. The first-order valence-electron chi connectivity index (χ1n) is 9.58. The summed E-state index contributed by atoms with van der Waals surface area (Å²) in [6.45, 7) is 7.13. The van der Waals surface area contributed by atoms with Gasteiger partial charge in [0.2, 0.25) is 5.91 Å². The van der Waals surface area contributed by atoms with Crippen LogP contribution < -0.4 is 15.6 Å². The molecule has 0 saturated carbocycles. The summed E-state index contributed by atoms with van der Waals surface area (Å²) in [5, 5.41) is 7.25. The fraction of sp³-hybridized carbons (Fsp3) is 0.333. The fourth-order valence-corrected chi connectivity index (χ4v) is 2.94. The number of rotatable bonds is 8. The maximum Gasteiger partial charge on any atom is 0.267 e. The van der Waals surface area contributed by atoms with Gasteiger partial charge in [0.05, 0.1) is 12.3 Å². The average molecular weight is 395 g/mol. The number of benzene rings is 1. The molecule has 1 atom stereocenters. The summed E-state index contributed by atoms with van der Waals surface area (Å²) in [7, 11) is 0. The van der Waals surface area contributed by atoms with E-state index in [0.717, 1.165) is 17.1 Å². The third-order valence-corrected chi connectivity index (χ3v) is 4.61. The lowest BCUT2D eigenvalue weighted by Gasteiger charge is -2.15. The van der Waals surface area contributed by atoms with E-state index in [4.69, 9.17) is 4.74 Å². The molecule has 2 aromatic heterocycles. The van der Waals surface area contributed by atoms with E-state index in [2.05, 4.69) is 15.4 Å². The van der Waals surface area contributed by atoms with E-state index in [9.17, 15) is 9.59 Å². The molecule has 2 heterocycles. The van der Waals surface area contributed by atoms with Crippen molar-refractivity contribution in [2.24, 2.45) is 0 Å². The van der Waals surface area contributed by atoms with Gasteiger partial charge in [0, 0.05) is 37.1 Å². The Hall–Kier alpha value is -3.42. The summed E-state index contributed by atoms with van der Waals surface area (Å²) < 4.78 is 8.60. The van der Waals surface area contributed by atoms with Gasteiger partial charge in [0.1, 0.15) is 17.6 Å². The molecule has 8 heteroatoms. The van der Waals surface area contributed by atoms with Crippen molar-refractivity contribution in [2.75, 3.05) is 13.2 Å². The first-order valence-corrected chi connectivity index (χ1v) is 9.58. The molecule has 8 nitrogen and oxygen atoms in total. The maximum absolute atomic E-state index is 12.5. The van der Waals surface area contributed by atoms with Crippen LogP contribution in [-0.4, -0.2) is 38.4 Å². The molecule has 1 unspecified atom stereocenters. The van der Waals surface area contributed by atoms with Gasteiger partial charge in [0.15, 0.2) is 0 Å². The zero-order valence-corrected chi connectivity index (χ0v) is 16.8. The van der Waals surface area contributed by atoms with Crippen molar-refractivity contribution >= 4 is 5.91 Å². The van der Waals surface area contributed by atoms with Crippen LogP contribution in [0, 0.1) is 6.92 Å². The fourth-order valence-electron chi connectivity index (χ4n) is 2.94. The Morgan fingerprint density at radius 1 is 1.21 bits per heavy atom. The Balaban J connectivity index is 1.70. The Bertz CT molecular complexity index is 1020. The summed E-state index contributed by atoms with van der Waals surface area (Å²) in [6, 6.07) is 9.81. The summed E-state index contributed by atoms with van der Waals surface area (Å²) in [5.41, 5.74) is 1.12. The highest BCUT2D eigenvalue weighted by Gasteiger charge is 2.17. The highest BCUT2D eigenvalue weighted by Crippen LogP contribution is 2.20. The number of hydrogen-bond acceptors (Lipinski definition) is 5. The van der Waals surface area contributed by atoms with Crippen molar-refractivity contribution in [3.05, 3.63) is 65.0 Å². The molecule has 152 valence electrons. The minimum absolute atomic E-state index is 0.263. The number of aryl methyl sites for hydroxylation is 1. The number of aromatic nitrogens is 4. The van der Waals surface area contributed by atoms with E-state index in [1.54, 1.807) is 19.2 Å². The minimum atomic E-state index is -0.728. The van der Waals surface area contributed by atoms with Crippen LogP contribution in [0.25, 0.3) is 11.3 Å². The van der Waals surface area contributed by atoms with Crippen molar-refractivity contribution in [3.8, 4) is 17.0 Å². The number of hydrogen-bond donors (Lipinski definition) is 1.